The predicted molar refractivity (Wildman–Crippen MR) is 102 cm³/mol. The van der Waals surface area contributed by atoms with Crippen molar-refractivity contribution in [3.05, 3.63) is 63.7 Å². The van der Waals surface area contributed by atoms with E-state index in [1.165, 1.54) is 18.2 Å². The molecule has 2 N–H and O–H groups in total. The lowest BCUT2D eigenvalue weighted by atomic mass is 10.2. The molecule has 2 aromatic carbocycles. The number of para-hydroxylation sites is 1. The molecule has 0 aromatic heterocycles. The van der Waals surface area contributed by atoms with Crippen LogP contribution in [-0.4, -0.2) is 17.0 Å². The summed E-state index contributed by atoms with van der Waals surface area (Å²) in [6.45, 7) is 3.58. The number of rotatable bonds is 4. The highest BCUT2D eigenvalue weighted by Gasteiger charge is 2.19. The molecule has 26 heavy (non-hydrogen) atoms. The Labute approximate surface area is 157 Å². The Hall–Kier alpha value is -3.29. The van der Waals surface area contributed by atoms with Crippen LogP contribution in [0.1, 0.15) is 13.8 Å². The number of nitrogens with two attached hydrogens (primary N) is 1. The molecule has 2 atom stereocenters. The highest BCUT2D eigenvalue weighted by Crippen LogP contribution is 2.23. The number of nitriles is 2. The molecular formula is C18H18ClN5O2. The zero-order valence-electron chi connectivity index (χ0n) is 14.3. The Bertz CT molecular complexity index is 810. The van der Waals surface area contributed by atoms with Crippen LogP contribution in [0.15, 0.2) is 48.5 Å². The van der Waals surface area contributed by atoms with Crippen molar-refractivity contribution in [3.8, 4) is 12.1 Å². The average molecular weight is 372 g/mol. The molecule has 0 aliphatic carbocycles. The molecule has 2 aromatic rings. The van der Waals surface area contributed by atoms with Gasteiger partial charge in [-0.2, -0.15) is 10.5 Å². The molecular weight excluding hydrogens is 354 g/mol. The number of hydrogen-bond acceptors (Lipinski definition) is 6. The van der Waals surface area contributed by atoms with Crippen LogP contribution in [0.2, 0.25) is 5.02 Å². The number of hydrogen-bond donors (Lipinski definition) is 1. The molecule has 0 saturated carbocycles. The maximum Gasteiger partial charge on any atom is 0.271 e. The summed E-state index contributed by atoms with van der Waals surface area (Å²) in [4.78, 5) is 11.5. The summed E-state index contributed by atoms with van der Waals surface area (Å²) in [6.07, 6.45) is 0. The maximum absolute atomic E-state index is 10.2. The quantitative estimate of drug-likeness (QED) is 0.489. The number of benzene rings is 2. The zero-order valence-corrected chi connectivity index (χ0v) is 15.1. The fourth-order valence-corrected chi connectivity index (χ4v) is 2.31. The molecule has 0 aliphatic heterocycles. The van der Waals surface area contributed by atoms with Gasteiger partial charge in [0.15, 0.2) is 0 Å². The first-order valence-corrected chi connectivity index (χ1v) is 8.01. The van der Waals surface area contributed by atoms with E-state index in [1.54, 1.807) is 18.7 Å². The fraction of sp³-hybridized carbons (Fsp3) is 0.222. The van der Waals surface area contributed by atoms with Crippen molar-refractivity contribution in [2.24, 2.45) is 0 Å². The van der Waals surface area contributed by atoms with Gasteiger partial charge in [0.05, 0.1) is 27.8 Å². The van der Waals surface area contributed by atoms with Crippen molar-refractivity contribution in [2.75, 3.05) is 10.6 Å². The van der Waals surface area contributed by atoms with Gasteiger partial charge in [0.25, 0.3) is 5.69 Å². The van der Waals surface area contributed by atoms with Crippen LogP contribution in [-0.2, 0) is 0 Å². The standard InChI is InChI=1S/C12H13N3.C6H5ClN2O2/c1-10(8-13)15(11(2)9-14)12-6-4-3-5-7-12;7-5-3-4(9(10)11)1-2-6(5)8/h3-7,10-11H,1-2H3;1-3H,8H2. The second-order valence-electron chi connectivity index (χ2n) is 5.32. The van der Waals surface area contributed by atoms with Crippen molar-refractivity contribution < 1.29 is 4.92 Å². The van der Waals surface area contributed by atoms with E-state index in [2.05, 4.69) is 12.1 Å². The predicted octanol–water partition coefficient (Wildman–Crippen LogP) is 4.15. The van der Waals surface area contributed by atoms with Crippen molar-refractivity contribution in [3.63, 3.8) is 0 Å². The Morgan fingerprint density at radius 1 is 1.12 bits per heavy atom. The van der Waals surface area contributed by atoms with Gasteiger partial charge >= 0.3 is 0 Å². The first-order valence-electron chi connectivity index (χ1n) is 7.63. The van der Waals surface area contributed by atoms with Gasteiger partial charge in [0, 0.05) is 17.8 Å². The molecule has 0 amide bonds. The third-order valence-corrected chi connectivity index (χ3v) is 3.78. The lowest BCUT2D eigenvalue weighted by molar-refractivity contribution is -0.384. The van der Waals surface area contributed by atoms with Gasteiger partial charge in [0.1, 0.15) is 12.1 Å². The van der Waals surface area contributed by atoms with Gasteiger partial charge in [-0.1, -0.05) is 29.8 Å². The average Bonchev–Trinajstić information content (AvgIpc) is 2.65. The van der Waals surface area contributed by atoms with E-state index in [0.717, 1.165) is 5.69 Å². The molecule has 0 heterocycles. The van der Waals surface area contributed by atoms with Gasteiger partial charge in [-0.25, -0.2) is 0 Å². The summed E-state index contributed by atoms with van der Waals surface area (Å²) in [5, 5.41) is 28.2. The number of nitro benzene ring substituents is 1. The van der Waals surface area contributed by atoms with Crippen molar-refractivity contribution in [1.82, 2.24) is 0 Å². The Balaban J connectivity index is 0.000000273. The minimum atomic E-state index is -0.522. The Morgan fingerprint density at radius 2 is 1.65 bits per heavy atom. The van der Waals surface area contributed by atoms with Crippen LogP contribution in [0, 0.1) is 32.8 Å². The van der Waals surface area contributed by atoms with Crippen LogP contribution in [0.4, 0.5) is 17.1 Å². The van der Waals surface area contributed by atoms with Gasteiger partial charge in [0.2, 0.25) is 0 Å². The Kier molecular flexibility index (Phi) is 7.88. The molecule has 2 unspecified atom stereocenters. The molecule has 0 radical (unpaired) electrons. The molecule has 7 nitrogen and oxygen atoms in total. The second kappa shape index (κ2) is 9.87. The van der Waals surface area contributed by atoms with E-state index in [-0.39, 0.29) is 22.8 Å². The van der Waals surface area contributed by atoms with Gasteiger partial charge < -0.3 is 10.6 Å². The lowest BCUT2D eigenvalue weighted by Gasteiger charge is -2.29. The molecule has 0 fully saturated rings. The largest absolute Gasteiger partial charge is 0.398 e. The van der Waals surface area contributed by atoms with Gasteiger partial charge in [-0.15, -0.1) is 0 Å². The third kappa shape index (κ3) is 5.66. The number of nitrogens with zero attached hydrogens (tertiary/aromatic N) is 4. The van der Waals surface area contributed by atoms with Crippen molar-refractivity contribution >= 4 is 28.7 Å². The van der Waals surface area contributed by atoms with Crippen molar-refractivity contribution in [1.29, 1.82) is 10.5 Å². The smallest absolute Gasteiger partial charge is 0.271 e. The molecule has 134 valence electrons. The van der Waals surface area contributed by atoms with E-state index in [9.17, 15) is 10.1 Å². The Morgan fingerprint density at radius 3 is 2.08 bits per heavy atom. The monoisotopic (exact) mass is 371 g/mol. The van der Waals surface area contributed by atoms with E-state index >= 15 is 0 Å². The highest BCUT2D eigenvalue weighted by molar-refractivity contribution is 6.33. The lowest BCUT2D eigenvalue weighted by Crippen LogP contribution is -2.38. The summed E-state index contributed by atoms with van der Waals surface area (Å²) in [5.74, 6) is 0. The number of nitrogen functional groups attached to an aromatic ring is 1. The van der Waals surface area contributed by atoms with Crippen LogP contribution >= 0.6 is 11.6 Å². The van der Waals surface area contributed by atoms with E-state index < -0.39 is 4.92 Å². The summed E-state index contributed by atoms with van der Waals surface area (Å²) in [7, 11) is 0. The van der Waals surface area contributed by atoms with Gasteiger partial charge in [-0.3, -0.25) is 10.1 Å². The number of nitro groups is 1. The van der Waals surface area contributed by atoms with E-state index in [1.807, 2.05) is 30.3 Å². The molecule has 2 rings (SSSR count). The molecule has 0 aliphatic rings. The minimum Gasteiger partial charge on any atom is -0.398 e. The topological polar surface area (TPSA) is 120 Å². The second-order valence-corrected chi connectivity index (χ2v) is 5.72. The van der Waals surface area contributed by atoms with Gasteiger partial charge in [-0.05, 0) is 32.0 Å². The first kappa shape index (κ1) is 20.8. The first-order chi connectivity index (χ1) is 12.3. The summed E-state index contributed by atoms with van der Waals surface area (Å²) < 4.78 is 0. The number of anilines is 2. The van der Waals surface area contributed by atoms with Crippen LogP contribution < -0.4 is 10.6 Å². The van der Waals surface area contributed by atoms with Crippen LogP contribution in [0.3, 0.4) is 0 Å². The third-order valence-electron chi connectivity index (χ3n) is 3.46. The minimum absolute atomic E-state index is 0.0517. The van der Waals surface area contributed by atoms with E-state index in [4.69, 9.17) is 27.9 Å². The SMILES string of the molecule is CC(C#N)N(c1ccccc1)C(C)C#N.Nc1ccc([N+](=O)[O-])cc1Cl. The van der Waals surface area contributed by atoms with E-state index in [0.29, 0.717) is 5.69 Å². The summed E-state index contributed by atoms with van der Waals surface area (Å²) in [5.41, 5.74) is 6.53. The normalized spacial score (nSPS) is 11.7. The van der Waals surface area contributed by atoms with Crippen molar-refractivity contribution in [2.45, 2.75) is 25.9 Å². The zero-order chi connectivity index (χ0) is 19.7. The number of halogens is 1. The summed E-state index contributed by atoms with van der Waals surface area (Å²) in [6, 6.07) is 17.1. The highest BCUT2D eigenvalue weighted by atomic mass is 35.5. The number of non-ortho nitro benzene ring substituents is 1. The van der Waals surface area contributed by atoms with Crippen LogP contribution in [0.25, 0.3) is 0 Å². The van der Waals surface area contributed by atoms with Crippen LogP contribution in [0.5, 0.6) is 0 Å². The maximum atomic E-state index is 10.2. The fourth-order valence-electron chi connectivity index (χ4n) is 2.14. The summed E-state index contributed by atoms with van der Waals surface area (Å²) >= 11 is 5.53. The molecule has 0 spiro atoms. The molecule has 8 heteroatoms. The molecule has 0 saturated heterocycles. The molecule has 0 bridgehead atoms.